The topological polar surface area (TPSA) is 104 Å². The summed E-state index contributed by atoms with van der Waals surface area (Å²) < 4.78 is 5.41. The lowest BCUT2D eigenvalue weighted by Crippen LogP contribution is -2.42. The van der Waals surface area contributed by atoms with Crippen LogP contribution >= 0.6 is 0 Å². The molecular formula is C25H31N5O3. The van der Waals surface area contributed by atoms with Crippen molar-refractivity contribution < 1.29 is 14.9 Å². The predicted octanol–water partition coefficient (Wildman–Crippen LogP) is 2.02. The lowest BCUT2D eigenvalue weighted by atomic mass is 10.1. The fourth-order valence-corrected chi connectivity index (χ4v) is 3.87. The second-order valence-electron chi connectivity index (χ2n) is 8.37. The van der Waals surface area contributed by atoms with E-state index in [4.69, 9.17) is 4.74 Å². The zero-order chi connectivity index (χ0) is 22.9. The smallest absolute Gasteiger partial charge is 0.181 e. The molecule has 1 unspecified atom stereocenters. The first kappa shape index (κ1) is 23.4. The number of aliphatic hydroxyl groups excluding tert-OH is 2. The summed E-state index contributed by atoms with van der Waals surface area (Å²) in [7, 11) is 0. The van der Waals surface area contributed by atoms with Crippen molar-refractivity contribution in [2.75, 3.05) is 6.54 Å². The van der Waals surface area contributed by atoms with Crippen molar-refractivity contribution in [1.29, 1.82) is 0 Å². The van der Waals surface area contributed by atoms with Gasteiger partial charge >= 0.3 is 0 Å². The van der Waals surface area contributed by atoms with Crippen LogP contribution in [0.25, 0.3) is 0 Å². The largest absolute Gasteiger partial charge is 0.388 e. The number of aromatic nitrogens is 3. The Morgan fingerprint density at radius 1 is 0.848 bits per heavy atom. The number of aliphatic hydroxyl groups is 2. The van der Waals surface area contributed by atoms with Crippen LogP contribution in [-0.2, 0) is 30.9 Å². The van der Waals surface area contributed by atoms with Crippen LogP contribution in [0.3, 0.4) is 0 Å². The molecule has 3 aromatic rings. The lowest BCUT2D eigenvalue weighted by Gasteiger charge is -2.30. The van der Waals surface area contributed by atoms with Crippen LogP contribution in [0.4, 0.5) is 0 Å². The van der Waals surface area contributed by atoms with Gasteiger partial charge in [0.1, 0.15) is 6.10 Å². The quantitative estimate of drug-likeness (QED) is 0.432. The summed E-state index contributed by atoms with van der Waals surface area (Å²) in [5.74, 6) is 0. The summed E-state index contributed by atoms with van der Waals surface area (Å²) in [4.78, 5) is 15.9. The summed E-state index contributed by atoms with van der Waals surface area (Å²) in [5, 5.41) is 22.5. The van der Waals surface area contributed by atoms with Crippen LogP contribution in [0.2, 0.25) is 0 Å². The van der Waals surface area contributed by atoms with Crippen LogP contribution in [0.15, 0.2) is 67.1 Å². The van der Waals surface area contributed by atoms with Gasteiger partial charge in [-0.05, 0) is 48.7 Å². The van der Waals surface area contributed by atoms with Gasteiger partial charge in [-0.25, -0.2) is 0 Å². The van der Waals surface area contributed by atoms with Crippen molar-refractivity contribution in [1.82, 2.24) is 25.2 Å². The molecule has 8 nitrogen and oxygen atoms in total. The molecule has 0 saturated carbocycles. The first-order chi connectivity index (χ1) is 16.2. The standard InChI is InChI=1S/C25H31N5O3/c31-24-10-9-23(33-25(24)32)15-26-13-19-7-8-22(29-14-19)18-30(16-20-5-1-3-11-27-20)17-21-6-2-4-12-28-21/h1-8,11-12,14,23-26,31-32H,9-10,13,15-18H2/t23?,24-,25+/m1/s1. The number of hydrogen-bond donors (Lipinski definition) is 3. The Bertz CT molecular complexity index is 917. The Morgan fingerprint density at radius 3 is 2.06 bits per heavy atom. The summed E-state index contributed by atoms with van der Waals surface area (Å²) >= 11 is 0. The minimum Gasteiger partial charge on any atom is -0.388 e. The zero-order valence-corrected chi connectivity index (χ0v) is 18.6. The average Bonchev–Trinajstić information content (AvgIpc) is 2.84. The van der Waals surface area contributed by atoms with Crippen LogP contribution in [0.5, 0.6) is 0 Å². The van der Waals surface area contributed by atoms with Crippen molar-refractivity contribution >= 4 is 0 Å². The summed E-state index contributed by atoms with van der Waals surface area (Å²) in [6, 6.07) is 16.0. The number of nitrogens with zero attached hydrogens (tertiary/aromatic N) is 4. The van der Waals surface area contributed by atoms with Crippen molar-refractivity contribution in [2.24, 2.45) is 0 Å². The molecule has 3 aromatic heterocycles. The Hall–Kier alpha value is -2.75. The molecule has 33 heavy (non-hydrogen) atoms. The highest BCUT2D eigenvalue weighted by molar-refractivity contribution is 5.15. The van der Waals surface area contributed by atoms with Gasteiger partial charge in [-0.1, -0.05) is 18.2 Å². The van der Waals surface area contributed by atoms with E-state index in [2.05, 4.69) is 37.3 Å². The summed E-state index contributed by atoms with van der Waals surface area (Å²) in [6.07, 6.45) is 4.83. The number of nitrogens with one attached hydrogen (secondary N) is 1. The fourth-order valence-electron chi connectivity index (χ4n) is 3.87. The van der Waals surface area contributed by atoms with E-state index in [-0.39, 0.29) is 6.10 Å². The van der Waals surface area contributed by atoms with Gasteiger partial charge in [0, 0.05) is 51.3 Å². The molecule has 0 spiro atoms. The van der Waals surface area contributed by atoms with Crippen LogP contribution in [-0.4, -0.2) is 55.1 Å². The minimum absolute atomic E-state index is 0.0950. The highest BCUT2D eigenvalue weighted by atomic mass is 16.6. The SMILES string of the molecule is O[C@@H]1CCC(CNCc2ccc(CN(Cc3ccccn3)Cc3ccccn3)nc2)O[C@@H]1O. The van der Waals surface area contributed by atoms with Gasteiger partial charge < -0.3 is 20.3 Å². The van der Waals surface area contributed by atoms with Crippen molar-refractivity contribution in [2.45, 2.75) is 57.5 Å². The van der Waals surface area contributed by atoms with Gasteiger partial charge in [-0.2, -0.15) is 0 Å². The fraction of sp³-hybridized carbons (Fsp3) is 0.400. The lowest BCUT2D eigenvalue weighted by molar-refractivity contribution is -0.213. The second-order valence-corrected chi connectivity index (χ2v) is 8.37. The van der Waals surface area contributed by atoms with Gasteiger partial charge in [0.05, 0.1) is 23.2 Å². The van der Waals surface area contributed by atoms with Crippen LogP contribution in [0.1, 0.15) is 35.5 Å². The molecule has 1 aliphatic rings. The average molecular weight is 450 g/mol. The van der Waals surface area contributed by atoms with E-state index in [0.29, 0.717) is 39.1 Å². The third-order valence-corrected chi connectivity index (χ3v) is 5.64. The molecule has 174 valence electrons. The third-order valence-electron chi connectivity index (χ3n) is 5.64. The highest BCUT2D eigenvalue weighted by Gasteiger charge is 2.27. The van der Waals surface area contributed by atoms with E-state index in [0.717, 1.165) is 29.1 Å². The number of rotatable bonds is 10. The van der Waals surface area contributed by atoms with Crippen LogP contribution < -0.4 is 5.32 Å². The summed E-state index contributed by atoms with van der Waals surface area (Å²) in [6.45, 7) is 3.40. The molecule has 3 atom stereocenters. The van der Waals surface area contributed by atoms with Gasteiger partial charge in [0.15, 0.2) is 6.29 Å². The van der Waals surface area contributed by atoms with Gasteiger partial charge in [-0.15, -0.1) is 0 Å². The molecule has 0 amide bonds. The van der Waals surface area contributed by atoms with E-state index >= 15 is 0 Å². The van der Waals surface area contributed by atoms with Crippen molar-refractivity contribution in [3.8, 4) is 0 Å². The molecule has 3 N–H and O–H groups in total. The molecule has 4 heterocycles. The first-order valence-corrected chi connectivity index (χ1v) is 11.3. The molecule has 4 rings (SSSR count). The monoisotopic (exact) mass is 449 g/mol. The molecule has 0 bridgehead atoms. The number of pyridine rings is 3. The van der Waals surface area contributed by atoms with E-state index in [9.17, 15) is 10.2 Å². The molecular weight excluding hydrogens is 418 g/mol. The Balaban J connectivity index is 1.31. The molecule has 1 fully saturated rings. The Labute approximate surface area is 194 Å². The zero-order valence-electron chi connectivity index (χ0n) is 18.6. The van der Waals surface area contributed by atoms with Crippen LogP contribution in [0, 0.1) is 0 Å². The van der Waals surface area contributed by atoms with E-state index in [1.165, 1.54) is 0 Å². The molecule has 8 heteroatoms. The van der Waals surface area contributed by atoms with Gasteiger partial charge in [0.25, 0.3) is 0 Å². The normalized spacial score (nSPS) is 20.8. The maximum absolute atomic E-state index is 9.63. The summed E-state index contributed by atoms with van der Waals surface area (Å²) in [5.41, 5.74) is 4.09. The first-order valence-electron chi connectivity index (χ1n) is 11.3. The Kier molecular flexibility index (Phi) is 8.46. The minimum atomic E-state index is -1.09. The molecule has 0 radical (unpaired) electrons. The van der Waals surface area contributed by atoms with Crippen molar-refractivity contribution in [3.05, 3.63) is 89.8 Å². The highest BCUT2D eigenvalue weighted by Crippen LogP contribution is 2.17. The Morgan fingerprint density at radius 2 is 1.52 bits per heavy atom. The molecule has 1 aliphatic heterocycles. The number of hydrogen-bond acceptors (Lipinski definition) is 8. The van der Waals surface area contributed by atoms with Gasteiger partial charge in [-0.3, -0.25) is 19.9 Å². The van der Waals surface area contributed by atoms with E-state index in [1.807, 2.05) is 55.0 Å². The third kappa shape index (κ3) is 7.38. The maximum atomic E-state index is 9.63. The van der Waals surface area contributed by atoms with Gasteiger partial charge in [0.2, 0.25) is 0 Å². The van der Waals surface area contributed by atoms with Crippen molar-refractivity contribution in [3.63, 3.8) is 0 Å². The van der Waals surface area contributed by atoms with E-state index in [1.54, 1.807) is 0 Å². The maximum Gasteiger partial charge on any atom is 0.181 e. The predicted molar refractivity (Wildman–Crippen MR) is 123 cm³/mol. The molecule has 1 saturated heterocycles. The molecule has 0 aliphatic carbocycles. The second kappa shape index (κ2) is 11.9. The molecule has 0 aromatic carbocycles. The number of ether oxygens (including phenoxy) is 1. The van der Waals surface area contributed by atoms with E-state index < -0.39 is 12.4 Å².